The van der Waals surface area contributed by atoms with Crippen LogP contribution >= 0.6 is 11.3 Å². The van der Waals surface area contributed by atoms with Crippen LogP contribution in [0.3, 0.4) is 0 Å². The van der Waals surface area contributed by atoms with Crippen molar-refractivity contribution < 1.29 is 4.79 Å². The van der Waals surface area contributed by atoms with Gasteiger partial charge in [0.15, 0.2) is 0 Å². The van der Waals surface area contributed by atoms with Crippen LogP contribution in [-0.4, -0.2) is 10.8 Å². The maximum atomic E-state index is 11.9. The second-order valence-electron chi connectivity index (χ2n) is 3.41. The number of hydrogen-bond donors (Lipinski definition) is 0. The van der Waals surface area contributed by atoms with Crippen LogP contribution in [0.25, 0.3) is 0 Å². The third kappa shape index (κ3) is 1.97. The number of ketones is 1. The van der Waals surface area contributed by atoms with Gasteiger partial charge in [-0.25, -0.2) is 4.98 Å². The van der Waals surface area contributed by atoms with Crippen LogP contribution in [0.1, 0.15) is 26.6 Å². The van der Waals surface area contributed by atoms with Crippen LogP contribution in [0, 0.1) is 13.8 Å². The Kier molecular flexibility index (Phi) is 2.64. The Hall–Kier alpha value is -1.48. The standard InChI is InChI=1S/C12H11NOS/c1-8-5-6-10(13-9(8)2)12(14)11-4-3-7-15-11/h3-7H,1-2H3. The molecule has 0 radical (unpaired) electrons. The monoisotopic (exact) mass is 217 g/mol. The summed E-state index contributed by atoms with van der Waals surface area (Å²) in [5.41, 5.74) is 2.55. The van der Waals surface area contributed by atoms with Gasteiger partial charge in [-0.05, 0) is 36.9 Å². The van der Waals surface area contributed by atoms with Crippen molar-refractivity contribution in [3.05, 3.63) is 51.5 Å². The molecule has 3 heteroatoms. The number of aromatic nitrogens is 1. The first-order chi connectivity index (χ1) is 7.18. The lowest BCUT2D eigenvalue weighted by atomic mass is 10.1. The smallest absolute Gasteiger partial charge is 0.221 e. The molecular formula is C12H11NOS. The van der Waals surface area contributed by atoms with Crippen LogP contribution in [-0.2, 0) is 0 Å². The molecule has 0 unspecified atom stereocenters. The van der Waals surface area contributed by atoms with Crippen molar-refractivity contribution in [2.24, 2.45) is 0 Å². The molecule has 0 spiro atoms. The predicted octanol–water partition coefficient (Wildman–Crippen LogP) is 2.99. The lowest BCUT2D eigenvalue weighted by Gasteiger charge is -2.01. The van der Waals surface area contributed by atoms with E-state index in [9.17, 15) is 4.79 Å². The van der Waals surface area contributed by atoms with Gasteiger partial charge in [-0.3, -0.25) is 4.79 Å². The summed E-state index contributed by atoms with van der Waals surface area (Å²) in [7, 11) is 0. The van der Waals surface area contributed by atoms with E-state index in [0.717, 1.165) is 16.1 Å². The fourth-order valence-electron chi connectivity index (χ4n) is 1.29. The molecule has 2 heterocycles. The molecule has 76 valence electrons. The fraction of sp³-hybridized carbons (Fsp3) is 0.167. The molecule has 0 aliphatic heterocycles. The van der Waals surface area contributed by atoms with Gasteiger partial charge in [-0.1, -0.05) is 12.1 Å². The lowest BCUT2D eigenvalue weighted by molar-refractivity contribution is 0.103. The number of hydrogen-bond acceptors (Lipinski definition) is 3. The minimum atomic E-state index is 0.00750. The number of carbonyl (C=O) groups excluding carboxylic acids is 1. The highest BCUT2D eigenvalue weighted by molar-refractivity contribution is 7.12. The number of aryl methyl sites for hydroxylation is 2. The Morgan fingerprint density at radius 2 is 2.07 bits per heavy atom. The highest BCUT2D eigenvalue weighted by Gasteiger charge is 2.11. The van der Waals surface area contributed by atoms with Gasteiger partial charge in [-0.15, -0.1) is 11.3 Å². The minimum Gasteiger partial charge on any atom is -0.286 e. The molecular weight excluding hydrogens is 206 g/mol. The maximum Gasteiger partial charge on any atom is 0.221 e. The van der Waals surface area contributed by atoms with Crippen LogP contribution in [0.2, 0.25) is 0 Å². The average molecular weight is 217 g/mol. The van der Waals surface area contributed by atoms with Gasteiger partial charge >= 0.3 is 0 Å². The highest BCUT2D eigenvalue weighted by Crippen LogP contribution is 2.14. The summed E-state index contributed by atoms with van der Waals surface area (Å²) >= 11 is 1.45. The molecule has 0 aliphatic carbocycles. The van der Waals surface area contributed by atoms with Crippen molar-refractivity contribution in [3.63, 3.8) is 0 Å². The second kappa shape index (κ2) is 3.95. The van der Waals surface area contributed by atoms with Crippen molar-refractivity contribution in [3.8, 4) is 0 Å². The summed E-state index contributed by atoms with van der Waals surface area (Å²) in [6.45, 7) is 3.91. The number of rotatable bonds is 2. The average Bonchev–Trinajstić information content (AvgIpc) is 2.74. The highest BCUT2D eigenvalue weighted by atomic mass is 32.1. The van der Waals surface area contributed by atoms with Gasteiger partial charge in [0.05, 0.1) is 4.88 Å². The summed E-state index contributed by atoms with van der Waals surface area (Å²) in [5.74, 6) is 0.00750. The molecule has 2 aromatic heterocycles. The first kappa shape index (κ1) is 10.1. The minimum absolute atomic E-state index is 0.00750. The van der Waals surface area contributed by atoms with E-state index in [1.54, 1.807) is 6.07 Å². The summed E-state index contributed by atoms with van der Waals surface area (Å²) in [4.78, 5) is 16.9. The van der Waals surface area contributed by atoms with E-state index >= 15 is 0 Å². The normalized spacial score (nSPS) is 10.3. The molecule has 0 amide bonds. The van der Waals surface area contributed by atoms with Crippen LogP contribution in [0.4, 0.5) is 0 Å². The van der Waals surface area contributed by atoms with E-state index in [-0.39, 0.29) is 5.78 Å². The molecule has 0 N–H and O–H groups in total. The Bertz CT molecular complexity index is 488. The third-order valence-corrected chi connectivity index (χ3v) is 3.20. The Labute approximate surface area is 92.6 Å². The van der Waals surface area contributed by atoms with Crippen LogP contribution in [0.15, 0.2) is 29.6 Å². The number of pyridine rings is 1. The quantitative estimate of drug-likeness (QED) is 0.724. The van der Waals surface area contributed by atoms with Crippen molar-refractivity contribution in [2.45, 2.75) is 13.8 Å². The molecule has 0 saturated carbocycles. The van der Waals surface area contributed by atoms with Crippen molar-refractivity contribution >= 4 is 17.1 Å². The Morgan fingerprint density at radius 1 is 1.27 bits per heavy atom. The van der Waals surface area contributed by atoms with Crippen molar-refractivity contribution in [2.75, 3.05) is 0 Å². The van der Waals surface area contributed by atoms with Gasteiger partial charge in [0, 0.05) is 5.69 Å². The van der Waals surface area contributed by atoms with Gasteiger partial charge in [0.2, 0.25) is 5.78 Å². The summed E-state index contributed by atoms with van der Waals surface area (Å²) < 4.78 is 0. The zero-order valence-electron chi connectivity index (χ0n) is 8.65. The molecule has 15 heavy (non-hydrogen) atoms. The van der Waals surface area contributed by atoms with E-state index in [4.69, 9.17) is 0 Å². The van der Waals surface area contributed by atoms with Crippen LogP contribution < -0.4 is 0 Å². The molecule has 0 saturated heterocycles. The molecule has 2 aromatic rings. The zero-order valence-corrected chi connectivity index (χ0v) is 9.47. The molecule has 2 nitrogen and oxygen atoms in total. The number of nitrogens with zero attached hydrogens (tertiary/aromatic N) is 1. The second-order valence-corrected chi connectivity index (χ2v) is 4.35. The van der Waals surface area contributed by atoms with Gasteiger partial charge in [0.1, 0.15) is 5.69 Å². The maximum absolute atomic E-state index is 11.9. The zero-order chi connectivity index (χ0) is 10.8. The third-order valence-electron chi connectivity index (χ3n) is 2.33. The van der Waals surface area contributed by atoms with Crippen molar-refractivity contribution in [1.29, 1.82) is 0 Å². The Morgan fingerprint density at radius 3 is 2.67 bits per heavy atom. The molecule has 0 bridgehead atoms. The van der Waals surface area contributed by atoms with Gasteiger partial charge in [0.25, 0.3) is 0 Å². The van der Waals surface area contributed by atoms with Crippen LogP contribution in [0.5, 0.6) is 0 Å². The fourth-order valence-corrected chi connectivity index (χ4v) is 1.96. The summed E-state index contributed by atoms with van der Waals surface area (Å²) in [6, 6.07) is 7.41. The van der Waals surface area contributed by atoms with Gasteiger partial charge in [-0.2, -0.15) is 0 Å². The number of carbonyl (C=O) groups is 1. The predicted molar refractivity (Wildman–Crippen MR) is 61.5 cm³/mol. The number of thiophene rings is 1. The molecule has 0 fully saturated rings. The first-order valence-electron chi connectivity index (χ1n) is 4.71. The summed E-state index contributed by atoms with van der Waals surface area (Å²) in [5, 5.41) is 1.90. The van der Waals surface area contributed by atoms with E-state index < -0.39 is 0 Å². The van der Waals surface area contributed by atoms with E-state index in [0.29, 0.717) is 5.69 Å². The topological polar surface area (TPSA) is 30.0 Å². The lowest BCUT2D eigenvalue weighted by Crippen LogP contribution is -2.03. The Balaban J connectivity index is 2.39. The molecule has 0 atom stereocenters. The molecule has 0 aliphatic rings. The molecule has 0 aromatic carbocycles. The largest absolute Gasteiger partial charge is 0.286 e. The summed E-state index contributed by atoms with van der Waals surface area (Å²) in [6.07, 6.45) is 0. The first-order valence-corrected chi connectivity index (χ1v) is 5.59. The van der Waals surface area contributed by atoms with E-state index in [2.05, 4.69) is 4.98 Å². The van der Waals surface area contributed by atoms with Crippen molar-refractivity contribution in [1.82, 2.24) is 4.98 Å². The van der Waals surface area contributed by atoms with E-state index in [1.807, 2.05) is 37.4 Å². The molecule has 2 rings (SSSR count). The van der Waals surface area contributed by atoms with E-state index in [1.165, 1.54) is 11.3 Å². The SMILES string of the molecule is Cc1ccc(C(=O)c2cccs2)nc1C. The van der Waals surface area contributed by atoms with Gasteiger partial charge < -0.3 is 0 Å².